The monoisotopic (exact) mass is 448 g/mol. The predicted molar refractivity (Wildman–Crippen MR) is 121 cm³/mol. The van der Waals surface area contributed by atoms with Crippen LogP contribution in [0.1, 0.15) is 5.76 Å². The lowest BCUT2D eigenvalue weighted by Crippen LogP contribution is -2.26. The van der Waals surface area contributed by atoms with Gasteiger partial charge in [-0.15, -0.1) is 0 Å². The molecule has 6 nitrogen and oxygen atoms in total. The molecule has 0 radical (unpaired) electrons. The average molecular weight is 448 g/mol. The van der Waals surface area contributed by atoms with Gasteiger partial charge in [0.1, 0.15) is 23.0 Å². The van der Waals surface area contributed by atoms with Crippen LogP contribution in [0, 0.1) is 11.6 Å². The van der Waals surface area contributed by atoms with Crippen molar-refractivity contribution in [3.63, 3.8) is 0 Å². The van der Waals surface area contributed by atoms with E-state index in [4.69, 9.17) is 9.15 Å². The van der Waals surface area contributed by atoms with Gasteiger partial charge in [0.15, 0.2) is 11.3 Å². The van der Waals surface area contributed by atoms with Gasteiger partial charge in [0.2, 0.25) is 0 Å². The van der Waals surface area contributed by atoms with E-state index in [1.165, 1.54) is 61.7 Å². The molecule has 3 aromatic carbocycles. The Morgan fingerprint density at radius 1 is 0.848 bits per heavy atom. The van der Waals surface area contributed by atoms with Gasteiger partial charge in [-0.2, -0.15) is 0 Å². The zero-order valence-electron chi connectivity index (χ0n) is 17.4. The number of para-hydroxylation sites is 3. The van der Waals surface area contributed by atoms with E-state index in [0.29, 0.717) is 16.7 Å². The summed E-state index contributed by atoms with van der Waals surface area (Å²) < 4.78 is 39.1. The minimum Gasteiger partial charge on any atom is -0.493 e. The van der Waals surface area contributed by atoms with Crippen molar-refractivity contribution in [1.29, 1.82) is 0 Å². The third-order valence-corrected chi connectivity index (χ3v) is 4.77. The number of hydrogen-bond acceptors (Lipinski definition) is 4. The summed E-state index contributed by atoms with van der Waals surface area (Å²) in [5, 5.41) is 5.41. The molecule has 2 N–H and O–H groups in total. The molecule has 1 aromatic heterocycles. The van der Waals surface area contributed by atoms with Crippen molar-refractivity contribution in [1.82, 2.24) is 0 Å². The van der Waals surface area contributed by atoms with Gasteiger partial charge < -0.3 is 19.8 Å². The number of hydrogen-bond donors (Lipinski definition) is 2. The van der Waals surface area contributed by atoms with Crippen LogP contribution in [0.4, 0.5) is 20.2 Å². The zero-order valence-corrected chi connectivity index (χ0v) is 17.4. The molecular formula is C25H18F2N2O4. The van der Waals surface area contributed by atoms with Crippen LogP contribution in [0.5, 0.6) is 5.75 Å². The summed E-state index contributed by atoms with van der Waals surface area (Å²) in [6.07, 6.45) is 1.20. The summed E-state index contributed by atoms with van der Waals surface area (Å²) in [5.41, 5.74) is -0.217. The van der Waals surface area contributed by atoms with Crippen LogP contribution in [-0.4, -0.2) is 18.9 Å². The van der Waals surface area contributed by atoms with Crippen LogP contribution in [0.15, 0.2) is 82.8 Å². The Morgan fingerprint density at radius 3 is 1.97 bits per heavy atom. The van der Waals surface area contributed by atoms with E-state index in [0.717, 1.165) is 0 Å². The minimum atomic E-state index is -0.902. The van der Waals surface area contributed by atoms with Crippen LogP contribution in [-0.2, 0) is 9.59 Å². The lowest BCUT2D eigenvalue weighted by molar-refractivity contribution is -0.118. The van der Waals surface area contributed by atoms with Crippen LogP contribution >= 0.6 is 0 Å². The summed E-state index contributed by atoms with van der Waals surface area (Å²) in [7, 11) is 1.49. The molecule has 0 bridgehead atoms. The van der Waals surface area contributed by atoms with Crippen molar-refractivity contribution in [3.8, 4) is 5.75 Å². The molecule has 2 amide bonds. The number of nitrogens with one attached hydrogen (secondary N) is 2. The normalized spacial score (nSPS) is 10.5. The fraction of sp³-hybridized carbons (Fsp3) is 0.0400. The largest absolute Gasteiger partial charge is 0.493 e. The second-order valence-corrected chi connectivity index (χ2v) is 6.95. The first kappa shape index (κ1) is 21.8. The highest BCUT2D eigenvalue weighted by atomic mass is 19.1. The highest BCUT2D eigenvalue weighted by Gasteiger charge is 2.22. The summed E-state index contributed by atoms with van der Waals surface area (Å²) in [6, 6.07) is 17.9. The summed E-state index contributed by atoms with van der Waals surface area (Å²) in [6.45, 7) is 0. The number of ether oxygens (including phenoxy) is 1. The fourth-order valence-electron chi connectivity index (χ4n) is 3.17. The number of carbonyl (C=O) groups excluding carboxylic acids is 2. The van der Waals surface area contributed by atoms with Crippen molar-refractivity contribution in [2.45, 2.75) is 0 Å². The topological polar surface area (TPSA) is 80.6 Å². The van der Waals surface area contributed by atoms with E-state index in [1.54, 1.807) is 24.3 Å². The first-order valence-corrected chi connectivity index (χ1v) is 9.86. The van der Waals surface area contributed by atoms with E-state index in [2.05, 4.69) is 10.6 Å². The Labute approximate surface area is 187 Å². The molecule has 1 heterocycles. The summed E-state index contributed by atoms with van der Waals surface area (Å²) >= 11 is 0. The molecule has 0 atom stereocenters. The lowest BCUT2D eigenvalue weighted by atomic mass is 10.1. The number of halogens is 2. The van der Waals surface area contributed by atoms with E-state index in [1.807, 2.05) is 0 Å². The third-order valence-electron chi connectivity index (χ3n) is 4.77. The highest BCUT2D eigenvalue weighted by molar-refractivity contribution is 6.28. The van der Waals surface area contributed by atoms with Crippen molar-refractivity contribution in [2.75, 3.05) is 17.7 Å². The molecule has 4 aromatic rings. The van der Waals surface area contributed by atoms with Gasteiger partial charge in [0, 0.05) is 5.39 Å². The zero-order chi connectivity index (χ0) is 23.4. The van der Waals surface area contributed by atoms with Gasteiger partial charge in [0.25, 0.3) is 11.8 Å². The number of amides is 2. The maximum Gasteiger partial charge on any atom is 0.261 e. The van der Waals surface area contributed by atoms with E-state index in [-0.39, 0.29) is 17.1 Å². The first-order valence-electron chi connectivity index (χ1n) is 9.86. The second-order valence-electron chi connectivity index (χ2n) is 6.95. The van der Waals surface area contributed by atoms with Crippen molar-refractivity contribution in [2.24, 2.45) is 0 Å². The predicted octanol–water partition coefficient (Wildman–Crippen LogP) is 5.38. The van der Waals surface area contributed by atoms with Gasteiger partial charge in [0.05, 0.1) is 18.5 Å². The van der Waals surface area contributed by atoms with Crippen molar-refractivity contribution >= 4 is 40.2 Å². The number of benzene rings is 3. The maximum absolute atomic E-state index is 14.0. The Kier molecular flexibility index (Phi) is 6.17. The van der Waals surface area contributed by atoms with Gasteiger partial charge in [-0.25, -0.2) is 8.78 Å². The molecule has 166 valence electrons. The van der Waals surface area contributed by atoms with Gasteiger partial charge in [-0.3, -0.25) is 9.59 Å². The number of anilines is 2. The molecule has 0 aliphatic rings. The SMILES string of the molecule is COc1cccc2cc(C=C(C(=O)Nc3ccccc3F)C(=O)Nc3ccccc3F)oc12. The van der Waals surface area contributed by atoms with Gasteiger partial charge in [-0.1, -0.05) is 36.4 Å². The quantitative estimate of drug-likeness (QED) is 0.236. The first-order chi connectivity index (χ1) is 16.0. The molecule has 0 saturated heterocycles. The van der Waals surface area contributed by atoms with Crippen LogP contribution < -0.4 is 15.4 Å². The Morgan fingerprint density at radius 2 is 1.42 bits per heavy atom. The number of furan rings is 1. The molecule has 8 heteroatoms. The molecule has 33 heavy (non-hydrogen) atoms. The van der Waals surface area contributed by atoms with Gasteiger partial charge in [-0.05, 0) is 42.5 Å². The smallest absolute Gasteiger partial charge is 0.261 e. The van der Waals surface area contributed by atoms with E-state index < -0.39 is 29.0 Å². The fourth-order valence-corrected chi connectivity index (χ4v) is 3.17. The third kappa shape index (κ3) is 4.74. The average Bonchev–Trinajstić information content (AvgIpc) is 3.23. The van der Waals surface area contributed by atoms with Crippen LogP contribution in [0.3, 0.4) is 0 Å². The van der Waals surface area contributed by atoms with Crippen LogP contribution in [0.25, 0.3) is 17.0 Å². The number of fused-ring (bicyclic) bond motifs is 1. The molecule has 0 unspecified atom stereocenters. The van der Waals surface area contributed by atoms with Crippen molar-refractivity contribution in [3.05, 3.63) is 95.8 Å². The Bertz CT molecular complexity index is 1320. The number of carbonyl (C=O) groups is 2. The molecule has 0 saturated carbocycles. The van der Waals surface area contributed by atoms with Gasteiger partial charge >= 0.3 is 0 Å². The standard InChI is InChI=1S/C25H18F2N2O4/c1-32-22-12-6-7-15-13-16(33-23(15)22)14-17(24(30)28-20-10-4-2-8-18(20)26)25(31)29-21-11-5-3-9-19(21)27/h2-14H,1H3,(H,28,30)(H,29,31). The molecular weight excluding hydrogens is 430 g/mol. The van der Waals surface area contributed by atoms with E-state index in [9.17, 15) is 18.4 Å². The Hall–Kier alpha value is -4.46. The lowest BCUT2D eigenvalue weighted by Gasteiger charge is -2.11. The van der Waals surface area contributed by atoms with Crippen LogP contribution in [0.2, 0.25) is 0 Å². The molecule has 0 spiro atoms. The molecule has 0 fully saturated rings. The number of methoxy groups -OCH3 is 1. The number of rotatable bonds is 6. The molecule has 4 rings (SSSR count). The second kappa shape index (κ2) is 9.35. The van der Waals surface area contributed by atoms with Crippen molar-refractivity contribution < 1.29 is 27.5 Å². The maximum atomic E-state index is 14.0. The highest BCUT2D eigenvalue weighted by Crippen LogP contribution is 2.29. The molecule has 0 aliphatic heterocycles. The Balaban J connectivity index is 1.73. The van der Waals surface area contributed by atoms with E-state index >= 15 is 0 Å². The summed E-state index contributed by atoms with van der Waals surface area (Å²) in [5.74, 6) is -2.50. The summed E-state index contributed by atoms with van der Waals surface area (Å²) in [4.78, 5) is 25.9. The molecule has 0 aliphatic carbocycles. The minimum absolute atomic E-state index is 0.113.